The van der Waals surface area contributed by atoms with E-state index in [1.165, 1.54) is 0 Å². The molecule has 2 atom stereocenters. The lowest BCUT2D eigenvalue weighted by molar-refractivity contribution is 0.00212. The maximum absolute atomic E-state index is 12.2. The number of amides is 2. The van der Waals surface area contributed by atoms with Gasteiger partial charge in [-0.1, -0.05) is 23.7 Å². The second-order valence-electron chi connectivity index (χ2n) is 6.53. The van der Waals surface area contributed by atoms with Crippen LogP contribution in [0, 0.1) is 5.92 Å². The van der Waals surface area contributed by atoms with Crippen molar-refractivity contribution in [3.8, 4) is 0 Å². The Kier molecular flexibility index (Phi) is 6.93. The predicted octanol–water partition coefficient (Wildman–Crippen LogP) is 1.88. The zero-order chi connectivity index (χ0) is 17.5. The van der Waals surface area contributed by atoms with Crippen LogP contribution in [0.4, 0.5) is 4.79 Å². The number of hydrogen-bond acceptors (Lipinski definition) is 4. The third-order valence-corrected chi connectivity index (χ3v) is 5.11. The van der Waals surface area contributed by atoms with Crippen molar-refractivity contribution in [2.45, 2.75) is 19.0 Å². The van der Waals surface area contributed by atoms with E-state index >= 15 is 0 Å². The standard InChI is InChI=1S/C18H26ClN3O3/c19-16-3-1-14(2-4-16)11-20-18(23)21-12-17(15-5-8-25-13-15)22-6-9-24-10-7-22/h1-4,15,17H,5-13H2,(H2,20,21,23). The Labute approximate surface area is 153 Å². The van der Waals surface area contributed by atoms with E-state index in [-0.39, 0.29) is 6.03 Å². The van der Waals surface area contributed by atoms with Gasteiger partial charge in [0, 0.05) is 49.8 Å². The number of halogens is 1. The molecule has 25 heavy (non-hydrogen) atoms. The summed E-state index contributed by atoms with van der Waals surface area (Å²) in [7, 11) is 0. The summed E-state index contributed by atoms with van der Waals surface area (Å²) in [5.74, 6) is 0.467. The molecule has 1 aromatic rings. The number of ether oxygens (including phenoxy) is 2. The normalized spacial score (nSPS) is 22.5. The topological polar surface area (TPSA) is 62.8 Å². The number of hydrogen-bond donors (Lipinski definition) is 2. The summed E-state index contributed by atoms with van der Waals surface area (Å²) >= 11 is 5.87. The van der Waals surface area contributed by atoms with E-state index in [0.717, 1.165) is 51.5 Å². The molecule has 0 saturated carbocycles. The molecular formula is C18H26ClN3O3. The van der Waals surface area contributed by atoms with Crippen molar-refractivity contribution in [3.63, 3.8) is 0 Å². The molecule has 0 aromatic heterocycles. The summed E-state index contributed by atoms with van der Waals surface area (Å²) in [6, 6.07) is 7.62. The highest BCUT2D eigenvalue weighted by Crippen LogP contribution is 2.21. The zero-order valence-corrected chi connectivity index (χ0v) is 15.1. The van der Waals surface area contributed by atoms with Crippen LogP contribution in [0.3, 0.4) is 0 Å². The van der Waals surface area contributed by atoms with Gasteiger partial charge in [0.15, 0.2) is 0 Å². The Hall–Kier alpha value is -1.34. The smallest absolute Gasteiger partial charge is 0.315 e. The second-order valence-corrected chi connectivity index (χ2v) is 6.97. The molecule has 7 heteroatoms. The van der Waals surface area contributed by atoms with Crippen molar-refractivity contribution in [3.05, 3.63) is 34.9 Å². The molecule has 2 heterocycles. The number of carbonyl (C=O) groups excluding carboxylic acids is 1. The van der Waals surface area contributed by atoms with Gasteiger partial charge < -0.3 is 20.1 Å². The van der Waals surface area contributed by atoms with Crippen molar-refractivity contribution in [2.24, 2.45) is 5.92 Å². The van der Waals surface area contributed by atoms with E-state index in [2.05, 4.69) is 15.5 Å². The molecule has 2 N–H and O–H groups in total. The van der Waals surface area contributed by atoms with E-state index < -0.39 is 0 Å². The molecule has 0 bridgehead atoms. The van der Waals surface area contributed by atoms with Crippen molar-refractivity contribution < 1.29 is 14.3 Å². The van der Waals surface area contributed by atoms with Crippen molar-refractivity contribution in [1.29, 1.82) is 0 Å². The Bertz CT molecular complexity index is 543. The molecule has 2 fully saturated rings. The summed E-state index contributed by atoms with van der Waals surface area (Å²) in [4.78, 5) is 14.6. The van der Waals surface area contributed by atoms with Gasteiger partial charge in [-0.25, -0.2) is 4.79 Å². The van der Waals surface area contributed by atoms with Crippen molar-refractivity contribution in [2.75, 3.05) is 46.1 Å². The lowest BCUT2D eigenvalue weighted by Crippen LogP contribution is -2.53. The quantitative estimate of drug-likeness (QED) is 0.805. The maximum Gasteiger partial charge on any atom is 0.315 e. The van der Waals surface area contributed by atoms with Gasteiger partial charge in [0.1, 0.15) is 0 Å². The number of carbonyl (C=O) groups is 1. The predicted molar refractivity (Wildman–Crippen MR) is 96.8 cm³/mol. The third kappa shape index (κ3) is 5.57. The average molecular weight is 368 g/mol. The minimum absolute atomic E-state index is 0.146. The summed E-state index contributed by atoms with van der Waals surface area (Å²) in [6.07, 6.45) is 1.05. The molecule has 2 amide bonds. The van der Waals surface area contributed by atoms with Gasteiger partial charge in [0.25, 0.3) is 0 Å². The molecule has 0 aliphatic carbocycles. The molecule has 3 rings (SSSR count). The minimum Gasteiger partial charge on any atom is -0.381 e. The monoisotopic (exact) mass is 367 g/mol. The summed E-state index contributed by atoms with van der Waals surface area (Å²) in [5, 5.41) is 6.62. The van der Waals surface area contributed by atoms with E-state index in [1.54, 1.807) is 0 Å². The fraction of sp³-hybridized carbons (Fsp3) is 0.611. The van der Waals surface area contributed by atoms with Crippen LogP contribution >= 0.6 is 11.6 Å². The number of urea groups is 1. The lowest BCUT2D eigenvalue weighted by atomic mass is 9.97. The molecule has 2 aliphatic rings. The SMILES string of the molecule is O=C(NCc1ccc(Cl)cc1)NCC(C1CCOC1)N1CCOCC1. The minimum atomic E-state index is -0.146. The third-order valence-electron chi connectivity index (χ3n) is 4.86. The van der Waals surface area contributed by atoms with E-state index in [9.17, 15) is 4.79 Å². The van der Waals surface area contributed by atoms with Crippen LogP contribution < -0.4 is 10.6 Å². The summed E-state index contributed by atoms with van der Waals surface area (Å²) in [6.45, 7) is 6.03. The number of benzene rings is 1. The van der Waals surface area contributed by atoms with Gasteiger partial charge in [-0.15, -0.1) is 0 Å². The highest BCUT2D eigenvalue weighted by molar-refractivity contribution is 6.30. The van der Waals surface area contributed by atoms with Crippen LogP contribution in [0.25, 0.3) is 0 Å². The molecule has 138 valence electrons. The Morgan fingerprint density at radius 3 is 2.60 bits per heavy atom. The molecule has 0 spiro atoms. The van der Waals surface area contributed by atoms with Crippen LogP contribution in [-0.2, 0) is 16.0 Å². The summed E-state index contributed by atoms with van der Waals surface area (Å²) in [5.41, 5.74) is 1.02. The molecule has 1 aromatic carbocycles. The second kappa shape index (κ2) is 9.38. The number of morpholine rings is 1. The molecule has 2 unspecified atom stereocenters. The van der Waals surface area contributed by atoms with Crippen LogP contribution in [0.5, 0.6) is 0 Å². The van der Waals surface area contributed by atoms with E-state index in [0.29, 0.717) is 30.1 Å². The first-order valence-electron chi connectivity index (χ1n) is 8.88. The van der Waals surface area contributed by atoms with Crippen LogP contribution in [-0.4, -0.2) is 63.0 Å². The van der Waals surface area contributed by atoms with Crippen LogP contribution in [0.1, 0.15) is 12.0 Å². The molecule has 2 aliphatic heterocycles. The highest BCUT2D eigenvalue weighted by Gasteiger charge is 2.31. The largest absolute Gasteiger partial charge is 0.381 e. The molecule has 2 saturated heterocycles. The van der Waals surface area contributed by atoms with E-state index in [4.69, 9.17) is 21.1 Å². The average Bonchev–Trinajstić information content (AvgIpc) is 3.17. The fourth-order valence-electron chi connectivity index (χ4n) is 3.40. The Balaban J connectivity index is 1.47. The lowest BCUT2D eigenvalue weighted by Gasteiger charge is -2.37. The fourth-order valence-corrected chi connectivity index (χ4v) is 3.53. The number of rotatable bonds is 6. The van der Waals surface area contributed by atoms with Gasteiger partial charge in [-0.3, -0.25) is 4.90 Å². The Morgan fingerprint density at radius 2 is 1.92 bits per heavy atom. The van der Waals surface area contributed by atoms with Crippen LogP contribution in [0.15, 0.2) is 24.3 Å². The van der Waals surface area contributed by atoms with Crippen molar-refractivity contribution >= 4 is 17.6 Å². The molecule has 6 nitrogen and oxygen atoms in total. The van der Waals surface area contributed by atoms with Crippen LogP contribution in [0.2, 0.25) is 5.02 Å². The first kappa shape index (κ1) is 18.5. The Morgan fingerprint density at radius 1 is 1.16 bits per heavy atom. The zero-order valence-electron chi connectivity index (χ0n) is 14.4. The first-order valence-corrected chi connectivity index (χ1v) is 9.26. The summed E-state index contributed by atoms with van der Waals surface area (Å²) < 4.78 is 11.0. The van der Waals surface area contributed by atoms with Crippen molar-refractivity contribution in [1.82, 2.24) is 15.5 Å². The van der Waals surface area contributed by atoms with Gasteiger partial charge in [0.2, 0.25) is 0 Å². The first-order chi connectivity index (χ1) is 12.2. The van der Waals surface area contributed by atoms with Gasteiger partial charge in [-0.2, -0.15) is 0 Å². The van der Waals surface area contributed by atoms with Gasteiger partial charge in [-0.05, 0) is 24.1 Å². The number of nitrogens with one attached hydrogen (secondary N) is 2. The molecule has 0 radical (unpaired) electrons. The maximum atomic E-state index is 12.2. The van der Waals surface area contributed by atoms with Gasteiger partial charge >= 0.3 is 6.03 Å². The number of nitrogens with zero attached hydrogens (tertiary/aromatic N) is 1. The van der Waals surface area contributed by atoms with E-state index in [1.807, 2.05) is 24.3 Å². The molecular weight excluding hydrogens is 342 g/mol. The highest BCUT2D eigenvalue weighted by atomic mass is 35.5. The van der Waals surface area contributed by atoms with Gasteiger partial charge in [0.05, 0.1) is 19.8 Å².